The number of rotatable bonds is 7. The minimum absolute atomic E-state index is 0.393. The number of anilines is 1. The summed E-state index contributed by atoms with van der Waals surface area (Å²) >= 11 is 0. The summed E-state index contributed by atoms with van der Waals surface area (Å²) < 4.78 is 13.6. The first-order chi connectivity index (χ1) is 11.6. The summed E-state index contributed by atoms with van der Waals surface area (Å²) in [6, 6.07) is 11.4. The van der Waals surface area contributed by atoms with Gasteiger partial charge in [0.2, 0.25) is 0 Å². The minimum Gasteiger partial charge on any atom is -0.493 e. The third-order valence-corrected chi connectivity index (χ3v) is 3.73. The van der Waals surface area contributed by atoms with E-state index in [-0.39, 0.29) is 0 Å². The Kier molecular flexibility index (Phi) is 4.89. The molecule has 0 amide bonds. The maximum Gasteiger partial charge on any atom is 0.179 e. The number of aromatic nitrogens is 2. The molecule has 2 heterocycles. The lowest BCUT2D eigenvalue weighted by molar-refractivity contribution is 0.248. The van der Waals surface area contributed by atoms with Crippen LogP contribution >= 0.6 is 0 Å². The van der Waals surface area contributed by atoms with E-state index in [0.29, 0.717) is 24.8 Å². The molecule has 2 N–H and O–H groups in total. The van der Waals surface area contributed by atoms with Crippen molar-refractivity contribution in [3.63, 3.8) is 0 Å². The highest BCUT2D eigenvalue weighted by Crippen LogP contribution is 2.22. The highest BCUT2D eigenvalue weighted by molar-refractivity contribution is 5.54. The van der Waals surface area contributed by atoms with Crippen LogP contribution in [0.4, 0.5) is 5.69 Å². The van der Waals surface area contributed by atoms with Crippen molar-refractivity contribution in [3.8, 4) is 11.5 Å². The first-order valence-electron chi connectivity index (χ1n) is 8.22. The Morgan fingerprint density at radius 1 is 1.12 bits per heavy atom. The third kappa shape index (κ3) is 3.79. The average molecular weight is 325 g/mol. The Morgan fingerprint density at radius 3 is 2.75 bits per heavy atom. The van der Waals surface area contributed by atoms with E-state index in [1.807, 2.05) is 47.0 Å². The van der Waals surface area contributed by atoms with Gasteiger partial charge in [0.25, 0.3) is 0 Å². The zero-order valence-corrected chi connectivity index (χ0v) is 14.1. The number of pyridine rings is 1. The van der Waals surface area contributed by atoms with Gasteiger partial charge in [-0.25, -0.2) is 4.98 Å². The number of benzene rings is 1. The molecule has 0 unspecified atom stereocenters. The molecule has 3 aromatic rings. The predicted octanol–water partition coefficient (Wildman–Crippen LogP) is 3.89. The summed E-state index contributed by atoms with van der Waals surface area (Å²) in [5.74, 6) is 1.98. The maximum atomic E-state index is 5.89. The SMILES string of the molecule is CC(C)c1cn2cccc(OCCCOc3cccc(N)c3)c2n1. The molecule has 126 valence electrons. The van der Waals surface area contributed by atoms with E-state index in [9.17, 15) is 0 Å². The number of hydrogen-bond acceptors (Lipinski definition) is 4. The molecule has 0 aliphatic rings. The van der Waals surface area contributed by atoms with Crippen LogP contribution in [0.2, 0.25) is 0 Å². The van der Waals surface area contributed by atoms with Crippen LogP contribution in [0.3, 0.4) is 0 Å². The van der Waals surface area contributed by atoms with Crippen molar-refractivity contribution in [3.05, 3.63) is 54.5 Å². The van der Waals surface area contributed by atoms with Gasteiger partial charge in [-0.2, -0.15) is 0 Å². The van der Waals surface area contributed by atoms with Crippen LogP contribution in [0.5, 0.6) is 11.5 Å². The number of nitrogens with zero attached hydrogens (tertiary/aromatic N) is 2. The molecule has 0 fully saturated rings. The van der Waals surface area contributed by atoms with Gasteiger partial charge in [-0.3, -0.25) is 0 Å². The monoisotopic (exact) mass is 325 g/mol. The molecule has 0 saturated heterocycles. The van der Waals surface area contributed by atoms with Crippen LogP contribution in [0, 0.1) is 0 Å². The highest BCUT2D eigenvalue weighted by Gasteiger charge is 2.09. The quantitative estimate of drug-likeness (QED) is 0.529. The molecule has 1 aromatic carbocycles. The molecule has 0 atom stereocenters. The molecule has 0 spiro atoms. The Hall–Kier alpha value is -2.69. The summed E-state index contributed by atoms with van der Waals surface area (Å²) in [5, 5.41) is 0. The molecule has 0 saturated carbocycles. The molecule has 0 aliphatic heterocycles. The molecule has 0 aliphatic carbocycles. The number of imidazole rings is 1. The van der Waals surface area contributed by atoms with Gasteiger partial charge in [-0.1, -0.05) is 19.9 Å². The number of nitrogens with two attached hydrogens (primary N) is 1. The zero-order chi connectivity index (χ0) is 16.9. The van der Waals surface area contributed by atoms with E-state index in [4.69, 9.17) is 15.2 Å². The van der Waals surface area contributed by atoms with Gasteiger partial charge in [-0.15, -0.1) is 0 Å². The average Bonchev–Trinajstić information content (AvgIpc) is 3.00. The van der Waals surface area contributed by atoms with Gasteiger partial charge in [0.05, 0.1) is 18.9 Å². The van der Waals surface area contributed by atoms with Crippen LogP contribution in [0.15, 0.2) is 48.8 Å². The fourth-order valence-corrected chi connectivity index (χ4v) is 2.43. The van der Waals surface area contributed by atoms with Crippen molar-refractivity contribution in [2.45, 2.75) is 26.2 Å². The van der Waals surface area contributed by atoms with Crippen molar-refractivity contribution in [1.82, 2.24) is 9.38 Å². The van der Waals surface area contributed by atoms with Crippen molar-refractivity contribution in [1.29, 1.82) is 0 Å². The van der Waals surface area contributed by atoms with E-state index in [1.165, 1.54) is 0 Å². The van der Waals surface area contributed by atoms with Gasteiger partial charge in [-0.05, 0) is 30.2 Å². The number of nitrogen functional groups attached to an aromatic ring is 1. The molecule has 0 radical (unpaired) electrons. The van der Waals surface area contributed by atoms with Crippen molar-refractivity contribution in [2.24, 2.45) is 0 Å². The standard InChI is InChI=1S/C19H23N3O2/c1-14(2)17-13-22-9-4-8-18(19(22)21-17)24-11-5-10-23-16-7-3-6-15(20)12-16/h3-4,6-9,12-14H,5,10-11,20H2,1-2H3. The van der Waals surface area contributed by atoms with E-state index in [2.05, 4.69) is 25.0 Å². The summed E-state index contributed by atoms with van der Waals surface area (Å²) in [4.78, 5) is 4.66. The summed E-state index contributed by atoms with van der Waals surface area (Å²) in [6.07, 6.45) is 4.83. The molecule has 0 bridgehead atoms. The van der Waals surface area contributed by atoms with E-state index < -0.39 is 0 Å². The topological polar surface area (TPSA) is 61.8 Å². The van der Waals surface area contributed by atoms with Crippen molar-refractivity contribution in [2.75, 3.05) is 18.9 Å². The molecular formula is C19H23N3O2. The summed E-state index contributed by atoms with van der Waals surface area (Å²) in [5.41, 5.74) is 8.36. The second-order valence-electron chi connectivity index (χ2n) is 6.05. The Balaban J connectivity index is 1.54. The third-order valence-electron chi connectivity index (χ3n) is 3.73. The van der Waals surface area contributed by atoms with E-state index in [0.717, 1.165) is 29.3 Å². The van der Waals surface area contributed by atoms with Gasteiger partial charge in [0.15, 0.2) is 11.4 Å². The zero-order valence-electron chi connectivity index (χ0n) is 14.1. The van der Waals surface area contributed by atoms with Crippen LogP contribution in [-0.4, -0.2) is 22.6 Å². The molecular weight excluding hydrogens is 302 g/mol. The number of fused-ring (bicyclic) bond motifs is 1. The van der Waals surface area contributed by atoms with Crippen molar-refractivity contribution < 1.29 is 9.47 Å². The normalized spacial score (nSPS) is 11.1. The lowest BCUT2D eigenvalue weighted by atomic mass is 10.2. The second-order valence-corrected chi connectivity index (χ2v) is 6.05. The summed E-state index contributed by atoms with van der Waals surface area (Å²) in [6.45, 7) is 5.43. The fraction of sp³-hybridized carbons (Fsp3) is 0.316. The largest absolute Gasteiger partial charge is 0.493 e. The van der Waals surface area contributed by atoms with Gasteiger partial charge >= 0.3 is 0 Å². The van der Waals surface area contributed by atoms with E-state index >= 15 is 0 Å². The first kappa shape index (κ1) is 16.2. The molecule has 24 heavy (non-hydrogen) atoms. The molecule has 3 rings (SSSR count). The molecule has 5 heteroatoms. The second kappa shape index (κ2) is 7.25. The van der Waals surface area contributed by atoms with E-state index in [1.54, 1.807) is 0 Å². The van der Waals surface area contributed by atoms with Crippen LogP contribution in [-0.2, 0) is 0 Å². The Morgan fingerprint density at radius 2 is 1.96 bits per heavy atom. The number of hydrogen-bond donors (Lipinski definition) is 1. The predicted molar refractivity (Wildman–Crippen MR) is 95.7 cm³/mol. The molecule has 5 nitrogen and oxygen atoms in total. The minimum atomic E-state index is 0.393. The van der Waals surface area contributed by atoms with Gasteiger partial charge in [0, 0.05) is 30.6 Å². The van der Waals surface area contributed by atoms with Gasteiger partial charge < -0.3 is 19.6 Å². The van der Waals surface area contributed by atoms with Gasteiger partial charge in [0.1, 0.15) is 5.75 Å². The summed E-state index contributed by atoms with van der Waals surface area (Å²) in [7, 11) is 0. The Labute approximate surface area is 142 Å². The molecule has 2 aromatic heterocycles. The highest BCUT2D eigenvalue weighted by atomic mass is 16.5. The van der Waals surface area contributed by atoms with Crippen LogP contribution in [0.25, 0.3) is 5.65 Å². The number of ether oxygens (including phenoxy) is 2. The fourth-order valence-electron chi connectivity index (χ4n) is 2.43. The van der Waals surface area contributed by atoms with Crippen LogP contribution < -0.4 is 15.2 Å². The lowest BCUT2D eigenvalue weighted by Crippen LogP contribution is -2.05. The lowest BCUT2D eigenvalue weighted by Gasteiger charge is -2.09. The van der Waals surface area contributed by atoms with Crippen molar-refractivity contribution >= 4 is 11.3 Å². The first-order valence-corrected chi connectivity index (χ1v) is 8.22. The maximum absolute atomic E-state index is 5.89. The van der Waals surface area contributed by atoms with Crippen LogP contribution in [0.1, 0.15) is 31.9 Å². The Bertz CT molecular complexity index is 811. The smallest absolute Gasteiger partial charge is 0.179 e.